The Morgan fingerprint density at radius 2 is 1.36 bits per heavy atom. The van der Waals surface area contributed by atoms with Gasteiger partial charge < -0.3 is 9.47 Å². The normalized spacial score (nSPS) is 18.2. The highest BCUT2D eigenvalue weighted by atomic mass is 19.2. The Labute approximate surface area is 189 Å². The van der Waals surface area contributed by atoms with Crippen molar-refractivity contribution in [2.45, 2.75) is 58.3 Å². The zero-order chi connectivity index (χ0) is 24.0. The molecule has 8 heteroatoms. The van der Waals surface area contributed by atoms with Crippen molar-refractivity contribution >= 4 is 5.97 Å². The first-order valence-electron chi connectivity index (χ1n) is 11.3. The molecule has 1 aliphatic carbocycles. The lowest BCUT2D eigenvalue weighted by molar-refractivity contribution is 0.0723. The second-order valence-corrected chi connectivity index (χ2v) is 8.55. The van der Waals surface area contributed by atoms with Crippen molar-refractivity contribution < 1.29 is 36.2 Å². The molecule has 0 radical (unpaired) electrons. The van der Waals surface area contributed by atoms with E-state index >= 15 is 0 Å². The van der Waals surface area contributed by atoms with Crippen LogP contribution >= 0.6 is 0 Å². The first kappa shape index (κ1) is 25.0. The summed E-state index contributed by atoms with van der Waals surface area (Å²) in [6.07, 6.45) is 9.18. The van der Waals surface area contributed by atoms with Crippen molar-refractivity contribution in [3.8, 4) is 11.5 Å². The van der Waals surface area contributed by atoms with Gasteiger partial charge in [-0.2, -0.15) is 0 Å². The van der Waals surface area contributed by atoms with E-state index < -0.39 is 46.4 Å². The van der Waals surface area contributed by atoms with E-state index in [-0.39, 0.29) is 5.75 Å². The number of hydrogen-bond donors (Lipinski definition) is 0. The van der Waals surface area contributed by atoms with Gasteiger partial charge in [0.1, 0.15) is 28.7 Å². The van der Waals surface area contributed by atoms with E-state index in [1.807, 2.05) is 0 Å². The molecule has 0 saturated heterocycles. The zero-order valence-corrected chi connectivity index (χ0v) is 18.4. The van der Waals surface area contributed by atoms with Gasteiger partial charge in [-0.05, 0) is 24.7 Å². The second kappa shape index (κ2) is 11.5. The van der Waals surface area contributed by atoms with Crippen LogP contribution in [-0.2, 0) is 0 Å². The maximum absolute atomic E-state index is 14.4. The maximum Gasteiger partial charge on any atom is 0.349 e. The maximum atomic E-state index is 14.4. The van der Waals surface area contributed by atoms with E-state index in [2.05, 4.69) is 11.7 Å². The molecule has 33 heavy (non-hydrogen) atoms. The molecule has 0 aliphatic heterocycles. The van der Waals surface area contributed by atoms with Crippen LogP contribution in [0.1, 0.15) is 68.6 Å². The van der Waals surface area contributed by atoms with Crippen LogP contribution in [0.5, 0.6) is 11.5 Å². The van der Waals surface area contributed by atoms with E-state index in [9.17, 15) is 26.7 Å². The van der Waals surface area contributed by atoms with Crippen LogP contribution < -0.4 is 9.47 Å². The van der Waals surface area contributed by atoms with Crippen molar-refractivity contribution in [2.75, 3.05) is 6.61 Å². The molecule has 2 aromatic rings. The van der Waals surface area contributed by atoms with Gasteiger partial charge in [0.25, 0.3) is 0 Å². The van der Waals surface area contributed by atoms with E-state index in [4.69, 9.17) is 4.74 Å². The van der Waals surface area contributed by atoms with Crippen molar-refractivity contribution in [1.29, 1.82) is 0 Å². The van der Waals surface area contributed by atoms with Crippen LogP contribution in [0.2, 0.25) is 0 Å². The average molecular weight is 470 g/mol. The Hall–Kier alpha value is -2.64. The van der Waals surface area contributed by atoms with Crippen molar-refractivity contribution in [1.82, 2.24) is 0 Å². The topological polar surface area (TPSA) is 35.5 Å². The van der Waals surface area contributed by atoms with Crippen LogP contribution in [0, 0.1) is 40.9 Å². The quantitative estimate of drug-likeness (QED) is 0.126. The monoisotopic (exact) mass is 470 g/mol. The lowest BCUT2D eigenvalue weighted by atomic mass is 9.80. The summed E-state index contributed by atoms with van der Waals surface area (Å²) in [6, 6.07) is 2.54. The fourth-order valence-corrected chi connectivity index (χ4v) is 4.16. The highest BCUT2D eigenvalue weighted by molar-refractivity contribution is 5.91. The average Bonchev–Trinajstić information content (AvgIpc) is 2.76. The summed E-state index contributed by atoms with van der Waals surface area (Å²) >= 11 is 0. The molecule has 3 rings (SSSR count). The molecule has 0 spiro atoms. The zero-order valence-electron chi connectivity index (χ0n) is 18.4. The summed E-state index contributed by atoms with van der Waals surface area (Å²) in [5.41, 5.74) is -1.04. The number of carbonyl (C=O) groups excluding carboxylic acids is 1. The van der Waals surface area contributed by atoms with Crippen molar-refractivity contribution in [2.24, 2.45) is 11.8 Å². The number of rotatable bonds is 9. The number of benzene rings is 2. The van der Waals surface area contributed by atoms with Crippen LogP contribution in [0.3, 0.4) is 0 Å². The lowest BCUT2D eigenvalue weighted by Crippen LogP contribution is -2.20. The molecule has 0 amide bonds. The number of esters is 1. The first-order chi connectivity index (χ1) is 15.8. The third-order valence-electron chi connectivity index (χ3n) is 6.06. The summed E-state index contributed by atoms with van der Waals surface area (Å²) in [5, 5.41) is 0. The molecule has 0 bridgehead atoms. The van der Waals surface area contributed by atoms with Crippen LogP contribution in [0.25, 0.3) is 0 Å². The highest BCUT2D eigenvalue weighted by Crippen LogP contribution is 2.33. The molecule has 0 atom stereocenters. The number of ether oxygens (including phenoxy) is 2. The predicted molar refractivity (Wildman–Crippen MR) is 113 cm³/mol. The van der Waals surface area contributed by atoms with Crippen LogP contribution in [-0.4, -0.2) is 12.6 Å². The van der Waals surface area contributed by atoms with Crippen molar-refractivity contribution in [3.63, 3.8) is 0 Å². The summed E-state index contributed by atoms with van der Waals surface area (Å²) in [6.45, 7) is 2.50. The van der Waals surface area contributed by atoms with Crippen molar-refractivity contribution in [3.05, 3.63) is 58.9 Å². The fourth-order valence-electron chi connectivity index (χ4n) is 4.16. The summed E-state index contributed by atoms with van der Waals surface area (Å²) in [7, 11) is 0. The summed E-state index contributed by atoms with van der Waals surface area (Å²) in [4.78, 5) is 12.1. The molecule has 0 heterocycles. The molecular weight excluding hydrogens is 443 g/mol. The molecule has 1 fully saturated rings. The Kier molecular flexibility index (Phi) is 8.69. The standard InChI is InChI=1S/C25H27F5O3/c1-2-3-4-5-15-6-8-16(9-7-15)14-32-17-10-19(26)23(20(27)11-17)25(31)33-18-12-21(28)24(30)22(29)13-18/h10-13,15-16H,2-9,14H2,1H3. The molecule has 0 unspecified atom stereocenters. The third kappa shape index (κ3) is 6.68. The largest absolute Gasteiger partial charge is 0.493 e. The Morgan fingerprint density at radius 1 is 0.818 bits per heavy atom. The van der Waals surface area contributed by atoms with Gasteiger partial charge in [-0.15, -0.1) is 0 Å². The van der Waals surface area contributed by atoms with E-state index in [1.54, 1.807) is 0 Å². The first-order valence-corrected chi connectivity index (χ1v) is 11.3. The predicted octanol–water partition coefficient (Wildman–Crippen LogP) is 7.37. The fraction of sp³-hybridized carbons (Fsp3) is 0.480. The van der Waals surface area contributed by atoms with Gasteiger partial charge >= 0.3 is 5.97 Å². The number of hydrogen-bond acceptors (Lipinski definition) is 3. The van der Waals surface area contributed by atoms with Crippen LogP contribution in [0.15, 0.2) is 24.3 Å². The number of halogens is 5. The smallest absolute Gasteiger partial charge is 0.349 e. The number of unbranched alkanes of at least 4 members (excludes halogenated alkanes) is 2. The Balaban J connectivity index is 1.56. The van der Waals surface area contributed by atoms with Gasteiger partial charge in [0.05, 0.1) is 6.61 Å². The second-order valence-electron chi connectivity index (χ2n) is 8.55. The van der Waals surface area contributed by atoms with E-state index in [1.165, 1.54) is 25.7 Å². The molecule has 1 aliphatic rings. The highest BCUT2D eigenvalue weighted by Gasteiger charge is 2.24. The van der Waals surface area contributed by atoms with E-state index in [0.29, 0.717) is 24.7 Å². The van der Waals surface area contributed by atoms with Gasteiger partial charge in [0.2, 0.25) is 0 Å². The van der Waals surface area contributed by atoms with Gasteiger partial charge in [-0.1, -0.05) is 45.4 Å². The summed E-state index contributed by atoms with van der Waals surface area (Å²) in [5.74, 6) is -8.69. The van der Waals surface area contributed by atoms with Gasteiger partial charge in [0, 0.05) is 24.3 Å². The molecule has 180 valence electrons. The molecule has 1 saturated carbocycles. The molecule has 0 N–H and O–H groups in total. The molecule has 0 aromatic heterocycles. The van der Waals surface area contributed by atoms with Gasteiger partial charge in [-0.3, -0.25) is 0 Å². The number of carbonyl (C=O) groups is 1. The Morgan fingerprint density at radius 3 is 1.94 bits per heavy atom. The third-order valence-corrected chi connectivity index (χ3v) is 6.06. The lowest BCUT2D eigenvalue weighted by Gasteiger charge is -2.28. The molecule has 3 nitrogen and oxygen atoms in total. The molecular formula is C25H27F5O3. The SMILES string of the molecule is CCCCCC1CCC(COc2cc(F)c(C(=O)Oc3cc(F)c(F)c(F)c3)c(F)c2)CC1. The minimum absolute atomic E-state index is 0.0644. The van der Waals surface area contributed by atoms with Gasteiger partial charge in [-0.25, -0.2) is 26.7 Å². The minimum atomic E-state index is -1.75. The summed E-state index contributed by atoms with van der Waals surface area (Å²) < 4.78 is 78.6. The molecule has 2 aromatic carbocycles. The van der Waals surface area contributed by atoms with Crippen LogP contribution in [0.4, 0.5) is 22.0 Å². The van der Waals surface area contributed by atoms with E-state index in [0.717, 1.165) is 43.7 Å². The Bertz CT molecular complexity index is 925. The van der Waals surface area contributed by atoms with Gasteiger partial charge in [0.15, 0.2) is 17.5 Å². The minimum Gasteiger partial charge on any atom is -0.493 e.